The maximum Gasteiger partial charge on any atom is 0.339 e. The van der Waals surface area contributed by atoms with Crippen molar-refractivity contribution in [3.05, 3.63) is 64.5 Å². The van der Waals surface area contributed by atoms with Crippen molar-refractivity contribution in [2.45, 2.75) is 11.8 Å². The van der Waals surface area contributed by atoms with E-state index in [4.69, 9.17) is 16.6 Å². The smallest absolute Gasteiger partial charge is 0.339 e. The highest BCUT2D eigenvalue weighted by Crippen LogP contribution is 2.36. The summed E-state index contributed by atoms with van der Waals surface area (Å²) in [4.78, 5) is 22.1. The monoisotopic (exact) mass is 436 g/mol. The van der Waals surface area contributed by atoms with Crippen molar-refractivity contribution in [2.75, 3.05) is 17.2 Å². The number of aromatic carboxylic acids is 1. The number of aldehydes is 1. The second-order valence-electron chi connectivity index (χ2n) is 5.77. The number of anilines is 2. The fraction of sp³-hybridized carbons (Fsp3) is 0.100. The molecule has 0 aliphatic carbocycles. The van der Waals surface area contributed by atoms with Crippen molar-refractivity contribution in [1.82, 2.24) is 0 Å². The molecule has 0 fully saturated rings. The van der Waals surface area contributed by atoms with Crippen molar-refractivity contribution in [3.8, 4) is 11.1 Å². The number of nitrogens with two attached hydrogens (primary N) is 2. The summed E-state index contributed by atoms with van der Waals surface area (Å²) >= 11 is 2.43. The zero-order valence-corrected chi connectivity index (χ0v) is 16.9. The number of thioether (sulfide) groups is 1. The summed E-state index contributed by atoms with van der Waals surface area (Å²) in [5.41, 5.74) is 11.9. The van der Waals surface area contributed by atoms with E-state index in [1.54, 1.807) is 0 Å². The van der Waals surface area contributed by atoms with Gasteiger partial charge in [-0.25, -0.2) is 13.6 Å². The van der Waals surface area contributed by atoms with E-state index in [-0.39, 0.29) is 27.3 Å². The molecule has 0 aliphatic rings. The van der Waals surface area contributed by atoms with Crippen LogP contribution >= 0.6 is 23.1 Å². The van der Waals surface area contributed by atoms with Gasteiger partial charge in [0.2, 0.25) is 0 Å². The normalized spacial score (nSPS) is 10.2. The third-order valence-electron chi connectivity index (χ3n) is 3.82. The minimum absolute atomic E-state index is 0.0675. The first-order valence-corrected chi connectivity index (χ1v) is 10.1. The molecule has 5 nitrogen and oxygen atoms in total. The Morgan fingerprint density at radius 1 is 1.14 bits per heavy atom. The van der Waals surface area contributed by atoms with Gasteiger partial charge in [-0.1, -0.05) is 24.3 Å². The first-order chi connectivity index (χ1) is 13.8. The number of carboxylic acid groups (broad SMARTS) is 1. The van der Waals surface area contributed by atoms with Crippen LogP contribution in [0.5, 0.6) is 0 Å². The summed E-state index contributed by atoms with van der Waals surface area (Å²) in [6.07, 6.45) is 0.872. The van der Waals surface area contributed by atoms with E-state index in [1.807, 2.05) is 24.3 Å². The lowest BCUT2D eigenvalue weighted by molar-refractivity contribution is -0.105. The molecule has 0 amide bonds. The van der Waals surface area contributed by atoms with Crippen molar-refractivity contribution in [1.29, 1.82) is 0 Å². The number of para-hydroxylation sites is 1. The molecule has 1 aromatic heterocycles. The molecule has 0 saturated carbocycles. The lowest BCUT2D eigenvalue weighted by atomic mass is 10.0. The molecule has 3 aromatic rings. The van der Waals surface area contributed by atoms with E-state index in [0.717, 1.165) is 28.2 Å². The Morgan fingerprint density at radius 3 is 2.45 bits per heavy atom. The average molecular weight is 437 g/mol. The second kappa shape index (κ2) is 10.0. The van der Waals surface area contributed by atoms with Crippen molar-refractivity contribution >= 4 is 46.0 Å². The Morgan fingerprint density at radius 2 is 1.83 bits per heavy atom. The van der Waals surface area contributed by atoms with Gasteiger partial charge in [0.1, 0.15) is 16.9 Å². The zero-order chi connectivity index (χ0) is 21.6. The number of nitrogen functional groups attached to an aromatic ring is 2. The Bertz CT molecular complexity index is 1040. The molecule has 0 unspecified atom stereocenters. The molecule has 5 N–H and O–H groups in total. The van der Waals surface area contributed by atoms with Crippen molar-refractivity contribution in [3.63, 3.8) is 0 Å². The minimum Gasteiger partial charge on any atom is -0.478 e. The number of carbonyl (C=O) groups is 2. The van der Waals surface area contributed by atoms with E-state index in [0.29, 0.717) is 5.75 Å². The fourth-order valence-corrected chi connectivity index (χ4v) is 3.84. The standard InChI is InChI=1S/C12H9F2NO2S.C8H9NOS/c1-5-2-3-6(10(14)9(5)13)7-4-18-11(15)8(7)12(16)17;9-7-3-1-2-4-8(7)11-6-5-10/h2-4H,15H2,1H3,(H,16,17);1-5H,6,9H2. The third-order valence-corrected chi connectivity index (χ3v) is 5.62. The largest absolute Gasteiger partial charge is 0.478 e. The van der Waals surface area contributed by atoms with Crippen LogP contribution in [0.15, 0.2) is 46.7 Å². The first-order valence-electron chi connectivity index (χ1n) is 8.24. The molecule has 0 aliphatic heterocycles. The highest BCUT2D eigenvalue weighted by Gasteiger charge is 2.22. The van der Waals surface area contributed by atoms with E-state index < -0.39 is 17.6 Å². The van der Waals surface area contributed by atoms with Crippen LogP contribution in [0.3, 0.4) is 0 Å². The number of rotatable bonds is 5. The number of aryl methyl sites for hydroxylation is 1. The molecule has 3 rings (SSSR count). The average Bonchev–Trinajstić information content (AvgIpc) is 3.07. The minimum atomic E-state index is -1.26. The maximum atomic E-state index is 13.8. The third kappa shape index (κ3) is 5.33. The van der Waals surface area contributed by atoms with Gasteiger partial charge >= 0.3 is 5.97 Å². The van der Waals surface area contributed by atoms with E-state index in [2.05, 4.69) is 0 Å². The number of halogens is 2. The molecule has 0 bridgehead atoms. The number of hydrogen-bond donors (Lipinski definition) is 3. The van der Waals surface area contributed by atoms with Crippen LogP contribution in [-0.4, -0.2) is 23.1 Å². The number of benzene rings is 2. The van der Waals surface area contributed by atoms with E-state index in [9.17, 15) is 18.4 Å². The van der Waals surface area contributed by atoms with Gasteiger partial charge in [-0.3, -0.25) is 0 Å². The van der Waals surface area contributed by atoms with Gasteiger partial charge in [-0.05, 0) is 24.6 Å². The van der Waals surface area contributed by atoms with Gasteiger partial charge in [0.15, 0.2) is 11.6 Å². The molecular weight excluding hydrogens is 418 g/mol. The van der Waals surface area contributed by atoms with Crippen LogP contribution in [0.4, 0.5) is 19.5 Å². The predicted molar refractivity (Wildman–Crippen MR) is 113 cm³/mol. The van der Waals surface area contributed by atoms with Crippen molar-refractivity contribution < 1.29 is 23.5 Å². The maximum absolute atomic E-state index is 13.8. The SMILES string of the molecule is Cc1ccc(-c2csc(N)c2C(=O)O)c(F)c1F.Nc1ccccc1SCC=O. The van der Waals surface area contributed by atoms with Crippen LogP contribution in [0, 0.1) is 18.6 Å². The summed E-state index contributed by atoms with van der Waals surface area (Å²) in [6.45, 7) is 1.43. The summed E-state index contributed by atoms with van der Waals surface area (Å²) in [5.74, 6) is -2.83. The zero-order valence-electron chi connectivity index (χ0n) is 15.3. The Hall–Kier alpha value is -2.91. The lowest BCUT2D eigenvalue weighted by Crippen LogP contribution is -2.02. The highest BCUT2D eigenvalue weighted by atomic mass is 32.2. The Kier molecular flexibility index (Phi) is 7.74. The Balaban J connectivity index is 0.000000234. The molecule has 0 radical (unpaired) electrons. The van der Waals surface area contributed by atoms with Crippen LogP contribution in [-0.2, 0) is 4.79 Å². The van der Waals surface area contributed by atoms with Crippen LogP contribution in [0.25, 0.3) is 11.1 Å². The number of carbonyl (C=O) groups excluding carboxylic acids is 1. The molecule has 2 aromatic carbocycles. The summed E-state index contributed by atoms with van der Waals surface area (Å²) < 4.78 is 27.3. The van der Waals surface area contributed by atoms with E-state index in [1.165, 1.54) is 36.2 Å². The van der Waals surface area contributed by atoms with E-state index >= 15 is 0 Å². The van der Waals surface area contributed by atoms with Crippen LogP contribution in [0.1, 0.15) is 15.9 Å². The van der Waals surface area contributed by atoms with Gasteiger partial charge in [0.25, 0.3) is 0 Å². The van der Waals surface area contributed by atoms with Gasteiger partial charge in [-0.2, -0.15) is 0 Å². The molecule has 0 saturated heterocycles. The lowest BCUT2D eigenvalue weighted by Gasteiger charge is -2.06. The number of carboxylic acids is 1. The molecule has 9 heteroatoms. The summed E-state index contributed by atoms with van der Waals surface area (Å²) in [6, 6.07) is 10.3. The van der Waals surface area contributed by atoms with Crippen molar-refractivity contribution in [2.24, 2.45) is 0 Å². The molecule has 1 heterocycles. The number of thiophene rings is 1. The van der Waals surface area contributed by atoms with Gasteiger partial charge in [-0.15, -0.1) is 23.1 Å². The molecule has 0 spiro atoms. The second-order valence-corrected chi connectivity index (χ2v) is 7.74. The van der Waals surface area contributed by atoms with Gasteiger partial charge < -0.3 is 21.4 Å². The summed E-state index contributed by atoms with van der Waals surface area (Å²) in [7, 11) is 0. The Labute approximate surface area is 174 Å². The topological polar surface area (TPSA) is 106 Å². The molecule has 152 valence electrons. The summed E-state index contributed by atoms with van der Waals surface area (Å²) in [5, 5.41) is 10.5. The van der Waals surface area contributed by atoms with Crippen LogP contribution < -0.4 is 11.5 Å². The first kappa shape index (κ1) is 22.4. The molecular formula is C20H18F2N2O3S2. The fourth-order valence-electron chi connectivity index (χ4n) is 2.38. The highest BCUT2D eigenvalue weighted by molar-refractivity contribution is 8.00. The molecule has 0 atom stereocenters. The quantitative estimate of drug-likeness (QED) is 0.300. The predicted octanol–water partition coefficient (Wildman–Crippen LogP) is 4.84. The number of hydrogen-bond acceptors (Lipinski definition) is 6. The van der Waals surface area contributed by atoms with Gasteiger partial charge in [0, 0.05) is 27.1 Å². The van der Waals surface area contributed by atoms with Crippen LogP contribution in [0.2, 0.25) is 0 Å². The molecule has 29 heavy (non-hydrogen) atoms. The van der Waals surface area contributed by atoms with Gasteiger partial charge in [0.05, 0.1) is 5.75 Å².